The summed E-state index contributed by atoms with van der Waals surface area (Å²) in [6, 6.07) is 3.50. The number of amides is 2. The summed E-state index contributed by atoms with van der Waals surface area (Å²) in [4.78, 5) is 10.9. The molecule has 0 radical (unpaired) electrons. The molecule has 2 rings (SSSR count). The lowest BCUT2D eigenvalue weighted by molar-refractivity contribution is 0.174. The second-order valence-electron chi connectivity index (χ2n) is 3.78. The van der Waals surface area contributed by atoms with Crippen LogP contribution < -0.4 is 26.1 Å². The van der Waals surface area contributed by atoms with Gasteiger partial charge in [-0.05, 0) is 36.6 Å². The molecule has 0 saturated heterocycles. The second-order valence-corrected chi connectivity index (χ2v) is 3.78. The molecule has 1 heterocycles. The highest BCUT2D eigenvalue weighted by Crippen LogP contribution is 2.34. The van der Waals surface area contributed by atoms with Crippen molar-refractivity contribution in [3.8, 4) is 11.5 Å². The molecule has 6 heteroatoms. The van der Waals surface area contributed by atoms with E-state index in [1.807, 2.05) is 24.5 Å². The van der Waals surface area contributed by atoms with Crippen LogP contribution in [0.4, 0.5) is 4.79 Å². The lowest BCUT2D eigenvalue weighted by Gasteiger charge is -2.08. The number of hydrogen-bond acceptors (Lipinski definition) is 4. The number of rotatable bonds is 3. The van der Waals surface area contributed by atoms with Gasteiger partial charge >= 0.3 is 6.03 Å². The van der Waals surface area contributed by atoms with Crippen LogP contribution in [-0.4, -0.2) is 19.4 Å². The van der Waals surface area contributed by atoms with E-state index < -0.39 is 0 Å². The largest absolute Gasteiger partial charge is 0.454 e. The van der Waals surface area contributed by atoms with Crippen molar-refractivity contribution in [2.45, 2.75) is 13.3 Å². The van der Waals surface area contributed by atoms with Crippen molar-refractivity contribution in [1.82, 2.24) is 10.7 Å². The normalized spacial score (nSPS) is 12.4. The predicted octanol–water partition coefficient (Wildman–Crippen LogP) is 0.439. The van der Waals surface area contributed by atoms with E-state index in [-0.39, 0.29) is 12.8 Å². The molecule has 0 aromatic heterocycles. The van der Waals surface area contributed by atoms with Crippen LogP contribution in [0.3, 0.4) is 0 Å². The topological polar surface area (TPSA) is 85.6 Å². The number of carbonyl (C=O) groups excluding carboxylic acids is 1. The first kappa shape index (κ1) is 11.5. The number of aryl methyl sites for hydroxylation is 1. The van der Waals surface area contributed by atoms with Gasteiger partial charge in [0.25, 0.3) is 0 Å². The molecule has 92 valence electrons. The van der Waals surface area contributed by atoms with E-state index in [0.717, 1.165) is 29.0 Å². The van der Waals surface area contributed by atoms with Gasteiger partial charge in [-0.3, -0.25) is 5.43 Å². The summed E-state index contributed by atoms with van der Waals surface area (Å²) in [7, 11) is 0. The molecular formula is C11H15N3O3. The van der Waals surface area contributed by atoms with E-state index in [2.05, 4.69) is 5.32 Å². The molecule has 0 spiro atoms. The van der Waals surface area contributed by atoms with E-state index in [0.29, 0.717) is 6.54 Å². The van der Waals surface area contributed by atoms with Gasteiger partial charge in [-0.25, -0.2) is 10.6 Å². The zero-order valence-corrected chi connectivity index (χ0v) is 9.58. The van der Waals surface area contributed by atoms with Gasteiger partial charge in [0.1, 0.15) is 0 Å². The summed E-state index contributed by atoms with van der Waals surface area (Å²) in [5.41, 5.74) is 4.24. The number of fused-ring (bicyclic) bond motifs is 1. The van der Waals surface area contributed by atoms with E-state index >= 15 is 0 Å². The smallest absolute Gasteiger partial charge is 0.328 e. The average molecular weight is 237 g/mol. The Balaban J connectivity index is 1.99. The fourth-order valence-electron chi connectivity index (χ4n) is 1.72. The van der Waals surface area contributed by atoms with E-state index in [9.17, 15) is 4.79 Å². The number of urea groups is 1. The highest BCUT2D eigenvalue weighted by molar-refractivity contribution is 5.73. The van der Waals surface area contributed by atoms with Gasteiger partial charge in [-0.2, -0.15) is 0 Å². The Morgan fingerprint density at radius 3 is 2.82 bits per heavy atom. The van der Waals surface area contributed by atoms with Crippen LogP contribution in [0.2, 0.25) is 0 Å². The Labute approximate surface area is 99.0 Å². The SMILES string of the molecule is Cc1cc2c(cc1CCNC(=O)NN)OCO2. The maximum absolute atomic E-state index is 10.9. The van der Waals surface area contributed by atoms with Crippen molar-refractivity contribution in [2.24, 2.45) is 5.84 Å². The number of nitrogens with one attached hydrogen (secondary N) is 2. The molecule has 17 heavy (non-hydrogen) atoms. The minimum atomic E-state index is -0.386. The van der Waals surface area contributed by atoms with Crippen molar-refractivity contribution in [1.29, 1.82) is 0 Å². The third-order valence-electron chi connectivity index (χ3n) is 2.64. The average Bonchev–Trinajstić information content (AvgIpc) is 2.76. The van der Waals surface area contributed by atoms with Gasteiger partial charge in [-0.15, -0.1) is 0 Å². The van der Waals surface area contributed by atoms with Crippen LogP contribution in [0.15, 0.2) is 12.1 Å². The number of nitrogens with two attached hydrogens (primary N) is 1. The fourth-order valence-corrected chi connectivity index (χ4v) is 1.72. The number of benzene rings is 1. The van der Waals surface area contributed by atoms with Crippen molar-refractivity contribution >= 4 is 6.03 Å². The Morgan fingerprint density at radius 2 is 2.12 bits per heavy atom. The summed E-state index contributed by atoms with van der Waals surface area (Å²) in [6.45, 7) is 2.79. The molecule has 0 unspecified atom stereocenters. The molecule has 1 aromatic rings. The van der Waals surface area contributed by atoms with Crippen LogP contribution in [0.5, 0.6) is 11.5 Å². The Kier molecular flexibility index (Phi) is 3.34. The highest BCUT2D eigenvalue weighted by atomic mass is 16.7. The molecule has 2 amide bonds. The number of carbonyl (C=O) groups is 1. The molecule has 4 N–H and O–H groups in total. The summed E-state index contributed by atoms with van der Waals surface area (Å²) >= 11 is 0. The van der Waals surface area contributed by atoms with Crippen LogP contribution in [0, 0.1) is 6.92 Å². The lowest BCUT2D eigenvalue weighted by Crippen LogP contribution is -2.40. The quantitative estimate of drug-likeness (QED) is 0.404. The zero-order valence-electron chi connectivity index (χ0n) is 9.58. The zero-order chi connectivity index (χ0) is 12.3. The monoisotopic (exact) mass is 237 g/mol. The molecular weight excluding hydrogens is 222 g/mol. The molecule has 6 nitrogen and oxygen atoms in total. The van der Waals surface area contributed by atoms with Crippen LogP contribution >= 0.6 is 0 Å². The summed E-state index contributed by atoms with van der Waals surface area (Å²) in [5, 5.41) is 2.63. The number of ether oxygens (including phenoxy) is 2. The minimum Gasteiger partial charge on any atom is -0.454 e. The molecule has 1 aliphatic rings. The Morgan fingerprint density at radius 1 is 1.41 bits per heavy atom. The molecule has 0 fully saturated rings. The molecule has 0 bridgehead atoms. The fraction of sp³-hybridized carbons (Fsp3) is 0.364. The first-order chi connectivity index (χ1) is 8.20. The lowest BCUT2D eigenvalue weighted by atomic mass is 10.0. The Bertz CT molecular complexity index is 434. The van der Waals surface area contributed by atoms with Crippen LogP contribution in [0.25, 0.3) is 0 Å². The summed E-state index contributed by atoms with van der Waals surface area (Å²) in [5.74, 6) is 6.49. The maximum Gasteiger partial charge on any atom is 0.328 e. The molecule has 1 aliphatic heterocycles. The van der Waals surface area contributed by atoms with Crippen molar-refractivity contribution in [2.75, 3.05) is 13.3 Å². The third-order valence-corrected chi connectivity index (χ3v) is 2.64. The standard InChI is InChI=1S/C11H15N3O3/c1-7-4-9-10(17-6-16-9)5-8(7)2-3-13-11(15)14-12/h4-5H,2-3,6,12H2,1H3,(H2,13,14,15). The number of hydrazine groups is 1. The van der Waals surface area contributed by atoms with E-state index in [1.54, 1.807) is 0 Å². The van der Waals surface area contributed by atoms with Gasteiger partial charge in [0.15, 0.2) is 11.5 Å². The van der Waals surface area contributed by atoms with Gasteiger partial charge in [0.05, 0.1) is 0 Å². The highest BCUT2D eigenvalue weighted by Gasteiger charge is 2.15. The maximum atomic E-state index is 10.9. The van der Waals surface area contributed by atoms with Gasteiger partial charge in [0.2, 0.25) is 6.79 Å². The van der Waals surface area contributed by atoms with Gasteiger partial charge in [0, 0.05) is 6.54 Å². The van der Waals surface area contributed by atoms with Crippen LogP contribution in [0.1, 0.15) is 11.1 Å². The minimum absolute atomic E-state index is 0.270. The van der Waals surface area contributed by atoms with Gasteiger partial charge < -0.3 is 14.8 Å². The molecule has 1 aromatic carbocycles. The molecule has 0 aliphatic carbocycles. The summed E-state index contributed by atoms with van der Waals surface area (Å²) in [6.07, 6.45) is 0.718. The van der Waals surface area contributed by atoms with Crippen LogP contribution in [-0.2, 0) is 6.42 Å². The van der Waals surface area contributed by atoms with Crippen molar-refractivity contribution in [3.63, 3.8) is 0 Å². The van der Waals surface area contributed by atoms with Crippen molar-refractivity contribution < 1.29 is 14.3 Å². The summed E-state index contributed by atoms with van der Waals surface area (Å²) < 4.78 is 10.6. The molecule has 0 atom stereocenters. The van der Waals surface area contributed by atoms with E-state index in [1.165, 1.54) is 0 Å². The first-order valence-corrected chi connectivity index (χ1v) is 5.34. The Hall–Kier alpha value is -1.95. The number of hydrogen-bond donors (Lipinski definition) is 3. The second kappa shape index (κ2) is 4.92. The van der Waals surface area contributed by atoms with Gasteiger partial charge in [-0.1, -0.05) is 0 Å². The third kappa shape index (κ3) is 2.59. The predicted molar refractivity (Wildman–Crippen MR) is 61.7 cm³/mol. The first-order valence-electron chi connectivity index (χ1n) is 5.34. The van der Waals surface area contributed by atoms with Crippen molar-refractivity contribution in [3.05, 3.63) is 23.3 Å². The van der Waals surface area contributed by atoms with E-state index in [4.69, 9.17) is 15.3 Å². The molecule has 0 saturated carbocycles.